The number of hydrogen-bond acceptors (Lipinski definition) is 2. The predicted molar refractivity (Wildman–Crippen MR) is 44.0 cm³/mol. The normalized spacial score (nSPS) is 20.5. The van der Waals surface area contributed by atoms with Gasteiger partial charge in [0, 0.05) is 6.04 Å². The van der Waals surface area contributed by atoms with Crippen molar-refractivity contribution < 1.29 is 4.79 Å². The van der Waals surface area contributed by atoms with Gasteiger partial charge in [0.15, 0.2) is 0 Å². The van der Waals surface area contributed by atoms with Crippen molar-refractivity contribution in [2.24, 2.45) is 5.73 Å². The minimum atomic E-state index is -0.281. The fraction of sp³-hybridized carbons (Fsp3) is 0.625. The summed E-state index contributed by atoms with van der Waals surface area (Å²) in [7, 11) is 0. The molecule has 1 amide bonds. The predicted octanol–water partition coefficient (Wildman–Crippen LogP) is 0.168. The van der Waals surface area contributed by atoms with Gasteiger partial charge >= 0.3 is 0 Å². The third kappa shape index (κ3) is 2.35. The molecule has 0 fully saturated rings. The zero-order valence-corrected chi connectivity index (χ0v) is 6.71. The van der Waals surface area contributed by atoms with Crippen molar-refractivity contribution >= 4 is 5.91 Å². The highest BCUT2D eigenvalue weighted by molar-refractivity contribution is 5.79. The van der Waals surface area contributed by atoms with Gasteiger partial charge in [-0.15, -0.1) is 0 Å². The largest absolute Gasteiger partial charge is 0.368 e. The second-order valence-corrected chi connectivity index (χ2v) is 2.93. The lowest BCUT2D eigenvalue weighted by Gasteiger charge is -2.15. The summed E-state index contributed by atoms with van der Waals surface area (Å²) in [6.07, 6.45) is 6.26. The minimum absolute atomic E-state index is 0.208. The first-order chi connectivity index (χ1) is 5.20. The van der Waals surface area contributed by atoms with Gasteiger partial charge in [-0.05, 0) is 19.8 Å². The number of amides is 1. The van der Waals surface area contributed by atoms with E-state index >= 15 is 0 Å². The third-order valence-corrected chi connectivity index (χ3v) is 1.92. The van der Waals surface area contributed by atoms with Crippen LogP contribution in [0.5, 0.6) is 0 Å². The highest BCUT2D eigenvalue weighted by atomic mass is 16.1. The minimum Gasteiger partial charge on any atom is -0.368 e. The molecule has 0 aliphatic heterocycles. The van der Waals surface area contributed by atoms with Gasteiger partial charge in [-0.3, -0.25) is 4.79 Å². The fourth-order valence-electron chi connectivity index (χ4n) is 1.19. The molecule has 3 N–H and O–H groups in total. The molecule has 1 aliphatic carbocycles. The second kappa shape index (κ2) is 3.53. The molecule has 62 valence electrons. The van der Waals surface area contributed by atoms with Crippen molar-refractivity contribution in [3.05, 3.63) is 12.2 Å². The third-order valence-electron chi connectivity index (χ3n) is 1.92. The second-order valence-electron chi connectivity index (χ2n) is 2.93. The number of nitrogens with one attached hydrogen (secondary N) is 1. The van der Waals surface area contributed by atoms with Crippen LogP contribution < -0.4 is 11.1 Å². The van der Waals surface area contributed by atoms with Crippen LogP contribution >= 0.6 is 0 Å². The van der Waals surface area contributed by atoms with Crippen molar-refractivity contribution in [3.8, 4) is 0 Å². The summed E-state index contributed by atoms with van der Waals surface area (Å²) in [4.78, 5) is 10.6. The van der Waals surface area contributed by atoms with Crippen LogP contribution in [0, 0.1) is 0 Å². The highest BCUT2D eigenvalue weighted by Crippen LogP contribution is 2.09. The molecule has 0 saturated heterocycles. The van der Waals surface area contributed by atoms with E-state index in [-0.39, 0.29) is 11.9 Å². The maximum atomic E-state index is 10.6. The molecule has 0 aromatic rings. The van der Waals surface area contributed by atoms with Gasteiger partial charge in [-0.25, -0.2) is 0 Å². The van der Waals surface area contributed by atoms with Crippen LogP contribution in [-0.4, -0.2) is 18.0 Å². The summed E-state index contributed by atoms with van der Waals surface area (Å²) in [5.41, 5.74) is 5.09. The first-order valence-corrected chi connectivity index (χ1v) is 3.90. The van der Waals surface area contributed by atoms with E-state index in [1.54, 1.807) is 6.92 Å². The van der Waals surface area contributed by atoms with Gasteiger partial charge < -0.3 is 11.1 Å². The molecule has 1 aliphatic rings. The summed E-state index contributed by atoms with van der Waals surface area (Å²) < 4.78 is 0. The van der Waals surface area contributed by atoms with E-state index in [1.807, 2.05) is 0 Å². The van der Waals surface area contributed by atoms with Crippen LogP contribution in [0.3, 0.4) is 0 Å². The maximum Gasteiger partial charge on any atom is 0.234 e. The Kier molecular flexibility index (Phi) is 2.65. The summed E-state index contributed by atoms with van der Waals surface area (Å²) >= 11 is 0. The highest BCUT2D eigenvalue weighted by Gasteiger charge is 2.15. The molecule has 0 aromatic carbocycles. The molecule has 1 rings (SSSR count). The van der Waals surface area contributed by atoms with E-state index in [0.29, 0.717) is 6.04 Å². The Bertz CT molecular complexity index is 169. The lowest BCUT2D eigenvalue weighted by atomic mass is 10.2. The quantitative estimate of drug-likeness (QED) is 0.569. The van der Waals surface area contributed by atoms with Crippen molar-refractivity contribution in [2.75, 3.05) is 0 Å². The van der Waals surface area contributed by atoms with Crippen LogP contribution in [0.4, 0.5) is 0 Å². The molecule has 0 radical (unpaired) electrons. The molecule has 11 heavy (non-hydrogen) atoms. The Labute approximate surface area is 66.6 Å². The number of carbonyl (C=O) groups is 1. The van der Waals surface area contributed by atoms with Crippen LogP contribution in [0.25, 0.3) is 0 Å². The first kappa shape index (κ1) is 8.27. The van der Waals surface area contributed by atoms with E-state index in [2.05, 4.69) is 17.5 Å². The lowest BCUT2D eigenvalue weighted by molar-refractivity contribution is -0.119. The molecular formula is C8H14N2O. The van der Waals surface area contributed by atoms with Gasteiger partial charge in [-0.1, -0.05) is 12.2 Å². The zero-order chi connectivity index (χ0) is 8.27. The van der Waals surface area contributed by atoms with Gasteiger partial charge in [0.25, 0.3) is 0 Å². The fourth-order valence-corrected chi connectivity index (χ4v) is 1.19. The van der Waals surface area contributed by atoms with E-state index in [9.17, 15) is 4.79 Å². The average molecular weight is 154 g/mol. The molecule has 3 nitrogen and oxygen atoms in total. The van der Waals surface area contributed by atoms with Crippen LogP contribution in [-0.2, 0) is 4.79 Å². The summed E-state index contributed by atoms with van der Waals surface area (Å²) in [6, 6.07) is 0.206. The van der Waals surface area contributed by atoms with Crippen LogP contribution in [0.1, 0.15) is 19.8 Å². The van der Waals surface area contributed by atoms with Gasteiger partial charge in [0.05, 0.1) is 6.04 Å². The van der Waals surface area contributed by atoms with Crippen molar-refractivity contribution in [1.82, 2.24) is 5.32 Å². The van der Waals surface area contributed by atoms with Gasteiger partial charge in [0.2, 0.25) is 5.91 Å². The number of carbonyl (C=O) groups excluding carboxylic acids is 1. The smallest absolute Gasteiger partial charge is 0.234 e. The summed E-state index contributed by atoms with van der Waals surface area (Å²) in [5.74, 6) is -0.281. The Morgan fingerprint density at radius 1 is 1.64 bits per heavy atom. The lowest BCUT2D eigenvalue weighted by Crippen LogP contribution is -2.43. The summed E-state index contributed by atoms with van der Waals surface area (Å²) in [5, 5.41) is 3.14. The van der Waals surface area contributed by atoms with Gasteiger partial charge in [-0.2, -0.15) is 0 Å². The number of primary amides is 1. The number of rotatable bonds is 3. The monoisotopic (exact) mass is 154 g/mol. The average Bonchev–Trinajstić information content (AvgIpc) is 2.39. The molecule has 0 aromatic heterocycles. The molecule has 1 atom stereocenters. The number of nitrogens with two attached hydrogens (primary N) is 1. The first-order valence-electron chi connectivity index (χ1n) is 3.90. The Balaban J connectivity index is 2.25. The van der Waals surface area contributed by atoms with E-state index in [1.165, 1.54) is 0 Å². The van der Waals surface area contributed by atoms with E-state index in [4.69, 9.17) is 5.73 Å². The molecule has 0 spiro atoms. The standard InChI is InChI=1S/C8H14N2O/c1-6(8(9)11)10-7-4-2-3-5-7/h2-3,6-7,10H,4-5H2,1H3,(H2,9,11). The Hall–Kier alpha value is -0.830. The SMILES string of the molecule is CC(NC1CC=CC1)C(N)=O. The molecule has 0 bridgehead atoms. The van der Waals surface area contributed by atoms with Crippen LogP contribution in [0.15, 0.2) is 12.2 Å². The number of hydrogen-bond donors (Lipinski definition) is 2. The zero-order valence-electron chi connectivity index (χ0n) is 6.71. The summed E-state index contributed by atoms with van der Waals surface area (Å²) in [6.45, 7) is 1.79. The van der Waals surface area contributed by atoms with Crippen molar-refractivity contribution in [3.63, 3.8) is 0 Å². The Morgan fingerprint density at radius 2 is 2.18 bits per heavy atom. The molecule has 0 heterocycles. The van der Waals surface area contributed by atoms with Gasteiger partial charge in [0.1, 0.15) is 0 Å². The maximum absolute atomic E-state index is 10.6. The Morgan fingerprint density at radius 3 is 2.64 bits per heavy atom. The van der Waals surface area contributed by atoms with Crippen molar-refractivity contribution in [1.29, 1.82) is 0 Å². The molecule has 1 unspecified atom stereocenters. The van der Waals surface area contributed by atoms with E-state index in [0.717, 1.165) is 12.8 Å². The van der Waals surface area contributed by atoms with Crippen LogP contribution in [0.2, 0.25) is 0 Å². The molecule has 0 saturated carbocycles. The topological polar surface area (TPSA) is 55.1 Å². The molecular weight excluding hydrogens is 140 g/mol. The molecule has 3 heteroatoms. The van der Waals surface area contributed by atoms with Crippen molar-refractivity contribution in [2.45, 2.75) is 31.8 Å². The van der Waals surface area contributed by atoms with E-state index < -0.39 is 0 Å².